The number of hydrogen-bond donors (Lipinski definition) is 0. The van der Waals surface area contributed by atoms with E-state index in [9.17, 15) is 0 Å². The highest BCUT2D eigenvalue weighted by atomic mass is 16.3. The van der Waals surface area contributed by atoms with E-state index in [-0.39, 0.29) is 0 Å². The number of nitrogens with zero attached hydrogens (tertiary/aromatic N) is 2. The molecule has 0 saturated carbocycles. The van der Waals surface area contributed by atoms with Crippen molar-refractivity contribution in [2.75, 3.05) is 0 Å². The highest BCUT2D eigenvalue weighted by molar-refractivity contribution is 6.08. The maximum atomic E-state index is 6.47. The fourth-order valence-corrected chi connectivity index (χ4v) is 5.93. The predicted octanol–water partition coefficient (Wildman–Crippen LogP) is 8.67. The van der Waals surface area contributed by atoms with Crippen molar-refractivity contribution in [3.05, 3.63) is 108 Å². The van der Waals surface area contributed by atoms with E-state index in [0.29, 0.717) is 5.92 Å². The first-order valence-corrected chi connectivity index (χ1v) is 13.1. The van der Waals surface area contributed by atoms with E-state index in [2.05, 4.69) is 86.6 Å². The predicted molar refractivity (Wildman–Crippen MR) is 152 cm³/mol. The van der Waals surface area contributed by atoms with E-state index in [4.69, 9.17) is 14.4 Å². The molecule has 1 aliphatic rings. The van der Waals surface area contributed by atoms with Crippen LogP contribution in [0.3, 0.4) is 0 Å². The highest BCUT2D eigenvalue weighted by Crippen LogP contribution is 2.45. The Morgan fingerprint density at radius 2 is 1.59 bits per heavy atom. The Morgan fingerprint density at radius 1 is 0.784 bits per heavy atom. The lowest BCUT2D eigenvalue weighted by Gasteiger charge is -2.20. The molecule has 0 amide bonds. The monoisotopic (exact) mass is 480 g/mol. The van der Waals surface area contributed by atoms with Gasteiger partial charge in [0.25, 0.3) is 0 Å². The van der Waals surface area contributed by atoms with Crippen LogP contribution in [0.1, 0.15) is 30.9 Å². The number of fused-ring (bicyclic) bond motifs is 6. The maximum Gasteiger partial charge on any atom is 0.138 e. The molecule has 6 aromatic rings. The Labute approximate surface area is 216 Å². The molecule has 37 heavy (non-hydrogen) atoms. The normalized spacial score (nSPS) is 12.7. The number of pyridine rings is 2. The van der Waals surface area contributed by atoms with Crippen LogP contribution in [0.4, 0.5) is 0 Å². The second-order valence-electron chi connectivity index (χ2n) is 10.4. The van der Waals surface area contributed by atoms with Crippen molar-refractivity contribution < 1.29 is 4.42 Å². The van der Waals surface area contributed by atoms with Crippen molar-refractivity contribution in [1.82, 2.24) is 9.97 Å². The molecule has 0 bridgehead atoms. The molecule has 3 heteroatoms. The Morgan fingerprint density at radius 3 is 2.46 bits per heavy atom. The topological polar surface area (TPSA) is 38.9 Å². The molecular formula is C34H28N2O. The molecule has 1 aliphatic carbocycles. The molecule has 3 heterocycles. The minimum atomic E-state index is 0.563. The van der Waals surface area contributed by atoms with Gasteiger partial charge in [-0.25, -0.2) is 0 Å². The summed E-state index contributed by atoms with van der Waals surface area (Å²) in [6.07, 6.45) is 6.69. The van der Waals surface area contributed by atoms with Gasteiger partial charge >= 0.3 is 0 Å². The van der Waals surface area contributed by atoms with Crippen molar-refractivity contribution in [2.24, 2.45) is 5.92 Å². The summed E-state index contributed by atoms with van der Waals surface area (Å²) in [5, 5.41) is 3.56. The molecule has 0 N–H and O–H groups in total. The number of rotatable bonds is 4. The van der Waals surface area contributed by atoms with Crippen molar-refractivity contribution in [1.29, 1.82) is 0 Å². The largest absolute Gasteiger partial charge is 0.460 e. The molecule has 0 unspecified atom stereocenters. The zero-order valence-electron chi connectivity index (χ0n) is 21.2. The van der Waals surface area contributed by atoms with Gasteiger partial charge < -0.3 is 4.42 Å². The summed E-state index contributed by atoms with van der Waals surface area (Å²) in [7, 11) is 0. The number of aromatic nitrogens is 2. The number of furan rings is 1. The summed E-state index contributed by atoms with van der Waals surface area (Å²) in [6, 6.07) is 28.0. The van der Waals surface area contributed by atoms with Crippen LogP contribution < -0.4 is 0 Å². The minimum Gasteiger partial charge on any atom is -0.460 e. The third kappa shape index (κ3) is 3.65. The molecule has 180 valence electrons. The molecule has 0 radical (unpaired) electrons. The Kier molecular flexibility index (Phi) is 5.17. The van der Waals surface area contributed by atoms with E-state index >= 15 is 0 Å². The molecule has 3 aromatic carbocycles. The van der Waals surface area contributed by atoms with Crippen LogP contribution >= 0.6 is 0 Å². The first-order valence-electron chi connectivity index (χ1n) is 13.1. The average molecular weight is 481 g/mol. The fourth-order valence-electron chi connectivity index (χ4n) is 5.93. The average Bonchev–Trinajstić information content (AvgIpc) is 3.32. The van der Waals surface area contributed by atoms with Gasteiger partial charge in [0.1, 0.15) is 11.3 Å². The lowest BCUT2D eigenvalue weighted by atomic mass is 9.85. The smallest absolute Gasteiger partial charge is 0.138 e. The van der Waals surface area contributed by atoms with Crippen molar-refractivity contribution >= 4 is 21.7 Å². The van der Waals surface area contributed by atoms with E-state index in [1.807, 2.05) is 18.5 Å². The molecular weight excluding hydrogens is 452 g/mol. The van der Waals surface area contributed by atoms with Gasteiger partial charge in [-0.1, -0.05) is 68.4 Å². The highest BCUT2D eigenvalue weighted by Gasteiger charge is 2.27. The standard InChI is InChI=1S/C34H28N2O/c1-21(2)18-29-26-12-13-30-32(27(26)14-16-35-29)33-31(37-30)15-17-36-34(33)24-19-23-10-6-7-11-25(23)28(20-24)22-8-4-3-5-9-22/h3-11,14-17,19-21H,12-13,18H2,1-2H3. The van der Waals surface area contributed by atoms with Gasteiger partial charge in [-0.05, 0) is 76.1 Å². The van der Waals surface area contributed by atoms with Gasteiger partial charge in [0, 0.05) is 35.6 Å². The van der Waals surface area contributed by atoms with E-state index in [0.717, 1.165) is 47.2 Å². The van der Waals surface area contributed by atoms with Crippen molar-refractivity contribution in [2.45, 2.75) is 33.1 Å². The van der Waals surface area contributed by atoms with Crippen LogP contribution in [-0.2, 0) is 19.3 Å². The maximum absolute atomic E-state index is 6.47. The van der Waals surface area contributed by atoms with Gasteiger partial charge in [0.05, 0.1) is 11.1 Å². The Balaban J connectivity index is 1.50. The van der Waals surface area contributed by atoms with Gasteiger partial charge in [-0.15, -0.1) is 0 Å². The van der Waals surface area contributed by atoms with Gasteiger partial charge in [-0.3, -0.25) is 9.97 Å². The summed E-state index contributed by atoms with van der Waals surface area (Å²) in [6.45, 7) is 4.52. The summed E-state index contributed by atoms with van der Waals surface area (Å²) in [5.41, 5.74) is 10.4. The van der Waals surface area contributed by atoms with Crippen molar-refractivity contribution in [3.8, 4) is 33.5 Å². The lowest BCUT2D eigenvalue weighted by molar-refractivity contribution is 0.543. The van der Waals surface area contributed by atoms with E-state index in [1.54, 1.807) is 0 Å². The summed E-state index contributed by atoms with van der Waals surface area (Å²) >= 11 is 0. The molecule has 0 fully saturated rings. The molecule has 3 aromatic heterocycles. The van der Waals surface area contributed by atoms with Gasteiger partial charge in [-0.2, -0.15) is 0 Å². The zero-order chi connectivity index (χ0) is 24.9. The third-order valence-corrected chi connectivity index (χ3v) is 7.51. The second-order valence-corrected chi connectivity index (χ2v) is 10.4. The van der Waals surface area contributed by atoms with Gasteiger partial charge in [0.15, 0.2) is 0 Å². The van der Waals surface area contributed by atoms with Crippen LogP contribution in [0.15, 0.2) is 95.7 Å². The third-order valence-electron chi connectivity index (χ3n) is 7.51. The summed E-state index contributed by atoms with van der Waals surface area (Å²) in [4.78, 5) is 9.75. The summed E-state index contributed by atoms with van der Waals surface area (Å²) < 4.78 is 6.47. The van der Waals surface area contributed by atoms with Crippen LogP contribution in [0, 0.1) is 5.92 Å². The van der Waals surface area contributed by atoms with E-state index in [1.165, 1.54) is 44.3 Å². The molecule has 0 spiro atoms. The van der Waals surface area contributed by atoms with Crippen molar-refractivity contribution in [3.63, 3.8) is 0 Å². The first-order chi connectivity index (χ1) is 18.2. The zero-order valence-corrected chi connectivity index (χ0v) is 21.2. The van der Waals surface area contributed by atoms with Crippen LogP contribution in [0.2, 0.25) is 0 Å². The fraction of sp³-hybridized carbons (Fsp3) is 0.176. The summed E-state index contributed by atoms with van der Waals surface area (Å²) in [5.74, 6) is 1.62. The Bertz CT molecular complexity index is 1780. The first kappa shape index (κ1) is 22.0. The molecule has 0 atom stereocenters. The minimum absolute atomic E-state index is 0.563. The Hall–Kier alpha value is -4.24. The quantitative estimate of drug-likeness (QED) is 0.253. The van der Waals surface area contributed by atoms with Crippen LogP contribution in [0.5, 0.6) is 0 Å². The molecule has 7 rings (SSSR count). The lowest BCUT2D eigenvalue weighted by Crippen LogP contribution is -2.09. The molecule has 0 saturated heterocycles. The van der Waals surface area contributed by atoms with E-state index < -0.39 is 0 Å². The molecule has 0 aliphatic heterocycles. The second kappa shape index (κ2) is 8.70. The van der Waals surface area contributed by atoms with Crippen LogP contribution in [0.25, 0.3) is 55.3 Å². The SMILES string of the molecule is CC(C)Cc1nccc2c1CCc1oc3ccnc(-c4cc(-c5ccccc5)c5ccccc5c4)c3c1-2. The number of benzene rings is 3. The number of hydrogen-bond acceptors (Lipinski definition) is 3. The molecule has 3 nitrogen and oxygen atoms in total. The van der Waals surface area contributed by atoms with Crippen LogP contribution in [-0.4, -0.2) is 9.97 Å². The van der Waals surface area contributed by atoms with Gasteiger partial charge in [0.2, 0.25) is 0 Å². The number of aryl methyl sites for hydroxylation is 1.